The number of ether oxygens (including phenoxy) is 1. The average molecular weight is 382 g/mol. The van der Waals surface area contributed by atoms with Crippen LogP contribution in [0.3, 0.4) is 0 Å². The summed E-state index contributed by atoms with van der Waals surface area (Å²) in [6.45, 7) is 4.30. The van der Waals surface area contributed by atoms with E-state index in [9.17, 15) is 9.59 Å². The lowest BCUT2D eigenvalue weighted by atomic mass is 9.49. The molecule has 146 valence electrons. The molecule has 5 aliphatic rings. The summed E-state index contributed by atoms with van der Waals surface area (Å²) < 4.78 is 5.53. The van der Waals surface area contributed by atoms with Gasteiger partial charge in [-0.1, -0.05) is 26.7 Å². The Morgan fingerprint density at radius 2 is 1.81 bits per heavy atom. The van der Waals surface area contributed by atoms with Crippen LogP contribution >= 0.6 is 11.6 Å². The summed E-state index contributed by atoms with van der Waals surface area (Å²) in [7, 11) is 0. The number of carbonyl (C=O) groups excluding carboxylic acids is 2. The van der Waals surface area contributed by atoms with Crippen molar-refractivity contribution in [3.63, 3.8) is 0 Å². The van der Waals surface area contributed by atoms with E-state index in [0.29, 0.717) is 23.7 Å². The summed E-state index contributed by atoms with van der Waals surface area (Å²) in [6.07, 6.45) is 9.22. The number of esters is 1. The van der Waals surface area contributed by atoms with Crippen LogP contribution in [-0.2, 0) is 14.3 Å². The number of halogens is 1. The average Bonchev–Trinajstić information content (AvgIpc) is 2.54. The molecule has 0 heterocycles. The molecule has 5 fully saturated rings. The minimum Gasteiger partial charge on any atom is -0.455 e. The maximum atomic E-state index is 12.9. The molecule has 1 amide bonds. The lowest BCUT2D eigenvalue weighted by Crippen LogP contribution is -2.56. The number of amides is 1. The first-order chi connectivity index (χ1) is 12.3. The van der Waals surface area contributed by atoms with Gasteiger partial charge in [-0.05, 0) is 68.6 Å². The van der Waals surface area contributed by atoms with Gasteiger partial charge in [0.2, 0.25) is 0 Å². The van der Waals surface area contributed by atoms with E-state index in [1.54, 1.807) is 0 Å². The molecule has 0 spiro atoms. The van der Waals surface area contributed by atoms with Crippen LogP contribution < -0.4 is 5.32 Å². The fourth-order valence-electron chi connectivity index (χ4n) is 6.71. The van der Waals surface area contributed by atoms with Gasteiger partial charge in [-0.3, -0.25) is 9.59 Å². The summed E-state index contributed by atoms with van der Waals surface area (Å²) in [6, 6.07) is 0.204. The van der Waals surface area contributed by atoms with Gasteiger partial charge in [-0.25, -0.2) is 0 Å². The molecule has 1 N–H and O–H groups in total. The van der Waals surface area contributed by atoms with Gasteiger partial charge in [0.05, 0.1) is 5.41 Å². The van der Waals surface area contributed by atoms with Gasteiger partial charge in [0, 0.05) is 10.9 Å². The third kappa shape index (κ3) is 3.39. The van der Waals surface area contributed by atoms with E-state index >= 15 is 0 Å². The molecule has 0 aromatic heterocycles. The standard InChI is InChI=1S/C21H32ClNO3/c1-13-4-3-5-17(14(13)2)23-18(24)11-26-19(25)20-7-15-6-16(8-20)10-21(22,9-15)12-20/h13-17H,3-12H2,1-2H3,(H,23,24)/t13-,14-,15-,16-,17+,20?,21?/m1/s1. The molecule has 5 saturated carbocycles. The van der Waals surface area contributed by atoms with Gasteiger partial charge in [0.1, 0.15) is 0 Å². The highest BCUT2D eigenvalue weighted by atomic mass is 35.5. The van der Waals surface area contributed by atoms with Crippen molar-refractivity contribution in [1.82, 2.24) is 5.32 Å². The monoisotopic (exact) mass is 381 g/mol. The van der Waals surface area contributed by atoms with E-state index in [1.807, 2.05) is 0 Å². The smallest absolute Gasteiger partial charge is 0.312 e. The predicted molar refractivity (Wildman–Crippen MR) is 101 cm³/mol. The van der Waals surface area contributed by atoms with Crippen molar-refractivity contribution in [2.24, 2.45) is 29.1 Å². The summed E-state index contributed by atoms with van der Waals surface area (Å²) in [5.74, 6) is 1.87. The van der Waals surface area contributed by atoms with Crippen LogP contribution in [0.25, 0.3) is 0 Å². The number of hydrogen-bond donors (Lipinski definition) is 1. The highest BCUT2D eigenvalue weighted by molar-refractivity contribution is 6.24. The molecule has 0 saturated heterocycles. The van der Waals surface area contributed by atoms with Crippen LogP contribution in [0.4, 0.5) is 0 Å². The molecular formula is C21H32ClNO3. The molecule has 4 bridgehead atoms. The fraction of sp³-hybridized carbons (Fsp3) is 0.905. The molecule has 0 aromatic carbocycles. The number of carbonyl (C=O) groups is 2. The van der Waals surface area contributed by atoms with E-state index < -0.39 is 5.41 Å². The van der Waals surface area contributed by atoms with E-state index in [2.05, 4.69) is 19.2 Å². The van der Waals surface area contributed by atoms with Crippen molar-refractivity contribution in [2.45, 2.75) is 82.6 Å². The SMILES string of the molecule is C[C@@H]1[C@H](C)CCC[C@@H]1NC(=O)COC(=O)C12C[C@H]3C[C@@H](CC(Cl)(C3)C1)C2. The molecule has 0 aromatic rings. The molecular weight excluding hydrogens is 350 g/mol. The van der Waals surface area contributed by atoms with Crippen LogP contribution in [0.1, 0.15) is 71.6 Å². The third-order valence-corrected chi connectivity index (χ3v) is 8.25. The van der Waals surface area contributed by atoms with Gasteiger partial charge in [0.15, 0.2) is 6.61 Å². The Hall–Kier alpha value is -0.770. The zero-order valence-electron chi connectivity index (χ0n) is 16.1. The normalized spacial score (nSPS) is 46.8. The maximum Gasteiger partial charge on any atom is 0.312 e. The molecule has 26 heavy (non-hydrogen) atoms. The number of alkyl halides is 1. The molecule has 0 aliphatic heterocycles. The molecule has 0 unspecified atom stereocenters. The highest BCUT2D eigenvalue weighted by Crippen LogP contribution is 2.64. The topological polar surface area (TPSA) is 55.4 Å². The molecule has 5 heteroatoms. The quantitative estimate of drug-likeness (QED) is 0.590. The first-order valence-corrected chi connectivity index (χ1v) is 10.8. The Bertz CT molecular complexity index is 578. The zero-order valence-corrected chi connectivity index (χ0v) is 16.8. The van der Waals surface area contributed by atoms with Gasteiger partial charge in [-0.2, -0.15) is 0 Å². The zero-order chi connectivity index (χ0) is 18.5. The van der Waals surface area contributed by atoms with Gasteiger partial charge in [-0.15, -0.1) is 11.6 Å². The Labute approximate surface area is 161 Å². The lowest BCUT2D eigenvalue weighted by Gasteiger charge is -2.58. The van der Waals surface area contributed by atoms with Crippen molar-refractivity contribution in [3.05, 3.63) is 0 Å². The molecule has 5 aliphatic carbocycles. The highest BCUT2D eigenvalue weighted by Gasteiger charge is 2.60. The number of hydrogen-bond acceptors (Lipinski definition) is 3. The summed E-state index contributed by atoms with van der Waals surface area (Å²) in [5.41, 5.74) is -0.432. The van der Waals surface area contributed by atoms with Crippen LogP contribution in [0.5, 0.6) is 0 Å². The van der Waals surface area contributed by atoms with Gasteiger partial charge in [0.25, 0.3) is 5.91 Å². The van der Waals surface area contributed by atoms with Crippen molar-refractivity contribution >= 4 is 23.5 Å². The largest absolute Gasteiger partial charge is 0.455 e. The molecule has 0 radical (unpaired) electrons. The van der Waals surface area contributed by atoms with E-state index in [4.69, 9.17) is 16.3 Å². The first-order valence-electron chi connectivity index (χ1n) is 10.4. The second-order valence-electron chi connectivity index (χ2n) is 9.91. The fourth-order valence-corrected chi connectivity index (χ4v) is 7.40. The Kier molecular flexibility index (Phi) is 4.78. The van der Waals surface area contributed by atoms with Crippen molar-refractivity contribution in [3.8, 4) is 0 Å². The van der Waals surface area contributed by atoms with Crippen LogP contribution in [0, 0.1) is 29.1 Å². The minimum atomic E-state index is -0.432. The van der Waals surface area contributed by atoms with Crippen LogP contribution in [-0.4, -0.2) is 29.4 Å². The van der Waals surface area contributed by atoms with Crippen molar-refractivity contribution < 1.29 is 14.3 Å². The summed E-state index contributed by atoms with van der Waals surface area (Å²) in [4.78, 5) is 25.0. The van der Waals surface area contributed by atoms with E-state index in [-0.39, 0.29) is 29.4 Å². The molecule has 5 rings (SSSR count). The van der Waals surface area contributed by atoms with Gasteiger partial charge >= 0.3 is 5.97 Å². The Balaban J connectivity index is 1.32. The second-order valence-corrected chi connectivity index (χ2v) is 10.7. The summed E-state index contributed by atoms with van der Waals surface area (Å²) in [5, 5.41) is 3.09. The van der Waals surface area contributed by atoms with Gasteiger partial charge < -0.3 is 10.1 Å². The molecule has 5 atom stereocenters. The van der Waals surface area contributed by atoms with Crippen molar-refractivity contribution in [1.29, 1.82) is 0 Å². The predicted octanol–water partition coefficient (Wildman–Crippen LogP) is 4.05. The number of rotatable bonds is 4. The third-order valence-electron chi connectivity index (χ3n) is 7.81. The Morgan fingerprint density at radius 3 is 2.46 bits per heavy atom. The summed E-state index contributed by atoms with van der Waals surface area (Å²) >= 11 is 6.80. The van der Waals surface area contributed by atoms with Crippen LogP contribution in [0.15, 0.2) is 0 Å². The van der Waals surface area contributed by atoms with Crippen LogP contribution in [0.2, 0.25) is 0 Å². The molecule has 4 nitrogen and oxygen atoms in total. The Morgan fingerprint density at radius 1 is 1.12 bits per heavy atom. The van der Waals surface area contributed by atoms with E-state index in [0.717, 1.165) is 44.9 Å². The van der Waals surface area contributed by atoms with E-state index in [1.165, 1.54) is 12.8 Å². The second kappa shape index (κ2) is 6.68. The minimum absolute atomic E-state index is 0.150. The maximum absolute atomic E-state index is 12.9. The first kappa shape index (κ1) is 18.6. The van der Waals surface area contributed by atoms with Crippen molar-refractivity contribution in [2.75, 3.05) is 6.61 Å². The number of nitrogens with one attached hydrogen (secondary N) is 1. The lowest BCUT2D eigenvalue weighted by molar-refractivity contribution is -0.172.